The Bertz CT molecular complexity index is 1120. The summed E-state index contributed by atoms with van der Waals surface area (Å²) in [5, 5.41) is 22.7. The Morgan fingerprint density at radius 3 is 2.87 bits per heavy atom. The molecule has 7 heteroatoms. The van der Waals surface area contributed by atoms with Crippen molar-refractivity contribution in [2.24, 2.45) is 0 Å². The zero-order valence-corrected chi connectivity index (χ0v) is 16.3. The van der Waals surface area contributed by atoms with Crippen LogP contribution in [0.5, 0.6) is 0 Å². The smallest absolute Gasteiger partial charge is 0.321 e. The van der Waals surface area contributed by atoms with Crippen molar-refractivity contribution < 1.29 is 19.9 Å². The molecular weight excluding hydrogens is 382 g/mol. The van der Waals surface area contributed by atoms with E-state index in [0.717, 1.165) is 46.0 Å². The van der Waals surface area contributed by atoms with Crippen LogP contribution in [0.2, 0.25) is 0 Å². The Hall–Kier alpha value is -3.42. The van der Waals surface area contributed by atoms with Gasteiger partial charge in [-0.05, 0) is 47.2 Å². The Morgan fingerprint density at radius 1 is 1.23 bits per heavy atom. The predicted molar refractivity (Wildman–Crippen MR) is 113 cm³/mol. The predicted octanol–water partition coefficient (Wildman–Crippen LogP) is 2.96. The minimum Gasteiger partial charge on any atom is -0.480 e. The van der Waals surface area contributed by atoms with E-state index in [0.29, 0.717) is 6.42 Å². The number of hydroxylamine groups is 1. The molecule has 0 saturated heterocycles. The first kappa shape index (κ1) is 19.9. The van der Waals surface area contributed by atoms with Crippen molar-refractivity contribution in [3.8, 4) is 0 Å². The van der Waals surface area contributed by atoms with Crippen LogP contribution in [0.4, 0.5) is 0 Å². The normalized spacial score (nSPS) is 16.6. The number of hydrogen-bond donors (Lipinski definition) is 5. The number of carboxylic acids is 1. The largest absolute Gasteiger partial charge is 0.480 e. The summed E-state index contributed by atoms with van der Waals surface area (Å²) < 4.78 is 0. The lowest BCUT2D eigenvalue weighted by Crippen LogP contribution is -2.40. The molecule has 0 saturated carbocycles. The highest BCUT2D eigenvalue weighted by molar-refractivity contribution is 5.90. The fourth-order valence-corrected chi connectivity index (χ4v) is 4.10. The Morgan fingerprint density at radius 2 is 2.07 bits per heavy atom. The van der Waals surface area contributed by atoms with Crippen molar-refractivity contribution in [3.05, 3.63) is 77.0 Å². The number of benzene rings is 2. The molecular formula is C23H23N3O4. The summed E-state index contributed by atoms with van der Waals surface area (Å²) in [5.41, 5.74) is 6.61. The van der Waals surface area contributed by atoms with Crippen LogP contribution in [-0.2, 0) is 22.4 Å². The number of amides is 1. The number of carbonyl (C=O) groups excluding carboxylic acids is 1. The number of aromatic amines is 1. The first-order valence-electron chi connectivity index (χ1n) is 9.84. The Balaban J connectivity index is 1.50. The summed E-state index contributed by atoms with van der Waals surface area (Å²) in [5.74, 6) is -1.46. The number of aliphatic carboxylic acids is 1. The summed E-state index contributed by atoms with van der Waals surface area (Å²) in [6, 6.07) is 13.0. The van der Waals surface area contributed by atoms with E-state index in [9.17, 15) is 14.7 Å². The number of para-hydroxylation sites is 1. The number of H-pyrrole nitrogens is 1. The summed E-state index contributed by atoms with van der Waals surface area (Å²) in [6.45, 7) is 0. The van der Waals surface area contributed by atoms with Gasteiger partial charge in [0.2, 0.25) is 0 Å². The van der Waals surface area contributed by atoms with Gasteiger partial charge in [0, 0.05) is 35.6 Å². The van der Waals surface area contributed by atoms with Gasteiger partial charge in [0.05, 0.1) is 0 Å². The molecule has 0 spiro atoms. The topological polar surface area (TPSA) is 114 Å². The highest BCUT2D eigenvalue weighted by atomic mass is 16.5. The molecule has 0 fully saturated rings. The van der Waals surface area contributed by atoms with Gasteiger partial charge in [-0.1, -0.05) is 36.4 Å². The number of nitrogens with one attached hydrogen (secondary N) is 3. The minimum absolute atomic E-state index is 0.0370. The van der Waals surface area contributed by atoms with Crippen molar-refractivity contribution in [3.63, 3.8) is 0 Å². The lowest BCUT2D eigenvalue weighted by atomic mass is 10.0. The third-order valence-corrected chi connectivity index (χ3v) is 5.58. The zero-order valence-electron chi connectivity index (χ0n) is 16.3. The van der Waals surface area contributed by atoms with E-state index in [1.165, 1.54) is 6.08 Å². The molecule has 154 valence electrons. The fourth-order valence-electron chi connectivity index (χ4n) is 4.10. The number of aryl methyl sites for hydroxylation is 1. The van der Waals surface area contributed by atoms with Crippen molar-refractivity contribution in [1.29, 1.82) is 0 Å². The van der Waals surface area contributed by atoms with Gasteiger partial charge in [0.25, 0.3) is 5.91 Å². The van der Waals surface area contributed by atoms with Gasteiger partial charge in [0.15, 0.2) is 0 Å². The number of aromatic nitrogens is 1. The van der Waals surface area contributed by atoms with Gasteiger partial charge in [0.1, 0.15) is 6.04 Å². The molecule has 2 atom stereocenters. The third kappa shape index (κ3) is 4.12. The Labute approximate surface area is 173 Å². The van der Waals surface area contributed by atoms with Crippen LogP contribution in [0, 0.1) is 0 Å². The molecule has 0 bridgehead atoms. The standard InChI is InChI=1S/C23H23N3O4/c27-22(26-30)10-6-14-5-8-18-15(11-14)7-9-20(18)25-21(23(28)29)12-16-13-24-19-4-2-1-3-17(16)19/h1-6,8,10-11,13,20-21,24-25,30H,7,9,12H2,(H,26,27)(H,28,29)/t20?,21-/m0/s1. The van der Waals surface area contributed by atoms with Crippen molar-refractivity contribution >= 4 is 28.9 Å². The second-order valence-electron chi connectivity index (χ2n) is 7.48. The molecule has 3 aromatic rings. The zero-order chi connectivity index (χ0) is 21.1. The second kappa shape index (κ2) is 8.52. The number of carboxylic acid groups (broad SMARTS) is 1. The maximum absolute atomic E-state index is 12.0. The van der Waals surface area contributed by atoms with Crippen molar-refractivity contribution in [2.45, 2.75) is 31.3 Å². The quantitative estimate of drug-likeness (QED) is 0.236. The first-order chi connectivity index (χ1) is 14.5. The number of carbonyl (C=O) groups is 2. The first-order valence-corrected chi connectivity index (χ1v) is 9.84. The molecule has 1 amide bonds. The second-order valence-corrected chi connectivity index (χ2v) is 7.48. The molecule has 1 aliphatic rings. The average Bonchev–Trinajstić information content (AvgIpc) is 3.35. The van der Waals surface area contributed by atoms with Crippen LogP contribution in [0.1, 0.15) is 34.7 Å². The molecule has 0 radical (unpaired) electrons. The van der Waals surface area contributed by atoms with Crippen LogP contribution in [0.3, 0.4) is 0 Å². The lowest BCUT2D eigenvalue weighted by molar-refractivity contribution is -0.139. The summed E-state index contributed by atoms with van der Waals surface area (Å²) in [6.07, 6.45) is 6.81. The van der Waals surface area contributed by atoms with Gasteiger partial charge >= 0.3 is 5.97 Å². The maximum atomic E-state index is 12.0. The maximum Gasteiger partial charge on any atom is 0.321 e. The van der Waals surface area contributed by atoms with E-state index >= 15 is 0 Å². The van der Waals surface area contributed by atoms with Gasteiger partial charge in [-0.15, -0.1) is 0 Å². The van der Waals surface area contributed by atoms with Gasteiger partial charge in [-0.25, -0.2) is 5.48 Å². The van der Waals surface area contributed by atoms with Crippen LogP contribution < -0.4 is 10.8 Å². The molecule has 30 heavy (non-hydrogen) atoms. The average molecular weight is 405 g/mol. The molecule has 2 aromatic carbocycles. The van der Waals surface area contributed by atoms with Gasteiger partial charge < -0.3 is 10.1 Å². The van der Waals surface area contributed by atoms with Crippen molar-refractivity contribution in [2.75, 3.05) is 0 Å². The van der Waals surface area contributed by atoms with Crippen LogP contribution >= 0.6 is 0 Å². The van der Waals surface area contributed by atoms with E-state index in [1.54, 1.807) is 11.6 Å². The molecule has 5 N–H and O–H groups in total. The highest BCUT2D eigenvalue weighted by Gasteiger charge is 2.28. The van der Waals surface area contributed by atoms with E-state index in [1.807, 2.05) is 48.7 Å². The van der Waals surface area contributed by atoms with Crippen LogP contribution in [0.15, 0.2) is 54.7 Å². The molecule has 7 nitrogen and oxygen atoms in total. The summed E-state index contributed by atoms with van der Waals surface area (Å²) in [4.78, 5) is 26.3. The molecule has 4 rings (SSSR count). The lowest BCUT2D eigenvalue weighted by Gasteiger charge is -2.20. The summed E-state index contributed by atoms with van der Waals surface area (Å²) >= 11 is 0. The SMILES string of the molecule is O=C(C=Cc1ccc2c(c1)CCC2N[C@@H](Cc1c[nH]c2ccccc12)C(=O)O)NO. The van der Waals surface area contributed by atoms with Crippen molar-refractivity contribution in [1.82, 2.24) is 15.8 Å². The third-order valence-electron chi connectivity index (χ3n) is 5.58. The van der Waals surface area contributed by atoms with Gasteiger partial charge in [-0.2, -0.15) is 0 Å². The van der Waals surface area contributed by atoms with E-state index in [2.05, 4.69) is 10.3 Å². The fraction of sp³-hybridized carbons (Fsp3) is 0.217. The molecule has 1 heterocycles. The van der Waals surface area contributed by atoms with Gasteiger partial charge in [-0.3, -0.25) is 20.1 Å². The number of hydrogen-bond acceptors (Lipinski definition) is 4. The Kier molecular flexibility index (Phi) is 5.65. The number of rotatable bonds is 7. The van der Waals surface area contributed by atoms with E-state index in [4.69, 9.17) is 5.21 Å². The van der Waals surface area contributed by atoms with E-state index < -0.39 is 17.9 Å². The molecule has 1 aromatic heterocycles. The van der Waals surface area contributed by atoms with Crippen LogP contribution in [0.25, 0.3) is 17.0 Å². The molecule has 1 aliphatic carbocycles. The van der Waals surface area contributed by atoms with Crippen LogP contribution in [-0.4, -0.2) is 33.2 Å². The molecule has 0 aliphatic heterocycles. The minimum atomic E-state index is -0.872. The highest BCUT2D eigenvalue weighted by Crippen LogP contribution is 2.33. The van der Waals surface area contributed by atoms with E-state index in [-0.39, 0.29) is 6.04 Å². The monoisotopic (exact) mass is 405 g/mol. The number of fused-ring (bicyclic) bond motifs is 2. The molecule has 1 unspecified atom stereocenters. The summed E-state index contributed by atoms with van der Waals surface area (Å²) in [7, 11) is 0.